The fourth-order valence-corrected chi connectivity index (χ4v) is 3.34. The molecule has 0 bridgehead atoms. The van der Waals surface area contributed by atoms with Crippen molar-refractivity contribution in [2.45, 2.75) is 38.0 Å². The number of anilines is 2. The van der Waals surface area contributed by atoms with Crippen molar-refractivity contribution in [3.63, 3.8) is 0 Å². The molecule has 186 valence electrons. The van der Waals surface area contributed by atoms with Crippen molar-refractivity contribution in [2.24, 2.45) is 0 Å². The summed E-state index contributed by atoms with van der Waals surface area (Å²) >= 11 is 1.20. The Balaban J connectivity index is 0.00000578. The predicted octanol–water partition coefficient (Wildman–Crippen LogP) is 3.86. The molecule has 2 aromatic rings. The van der Waals surface area contributed by atoms with Gasteiger partial charge in [-0.3, -0.25) is 4.79 Å². The summed E-state index contributed by atoms with van der Waals surface area (Å²) in [5.74, 6) is -0.347. The summed E-state index contributed by atoms with van der Waals surface area (Å²) in [7, 11) is 3.64. The van der Waals surface area contributed by atoms with Gasteiger partial charge in [-0.15, -0.1) is 11.8 Å². The van der Waals surface area contributed by atoms with Crippen molar-refractivity contribution in [1.82, 2.24) is 14.9 Å². The number of alkyl halides is 3. The highest BCUT2D eigenvalue weighted by Crippen LogP contribution is 2.33. The summed E-state index contributed by atoms with van der Waals surface area (Å²) in [5, 5.41) is 12.6. The van der Waals surface area contributed by atoms with Crippen molar-refractivity contribution in [3.8, 4) is 11.8 Å². The van der Waals surface area contributed by atoms with Crippen LogP contribution in [0.15, 0.2) is 23.2 Å². The van der Waals surface area contributed by atoms with E-state index in [4.69, 9.17) is 10.5 Å². The highest BCUT2D eigenvalue weighted by atomic mass is 32.2. The average Bonchev–Trinajstić information content (AvgIpc) is 2.72. The molecule has 0 aliphatic rings. The molecule has 1 atom stereocenters. The molecule has 2 rings (SSSR count). The van der Waals surface area contributed by atoms with Gasteiger partial charge in [-0.2, -0.15) is 23.4 Å². The highest BCUT2D eigenvalue weighted by molar-refractivity contribution is 7.98. The number of rotatable bonds is 10. The van der Waals surface area contributed by atoms with Gasteiger partial charge in [0.2, 0.25) is 5.95 Å². The van der Waals surface area contributed by atoms with Gasteiger partial charge in [0.05, 0.1) is 11.6 Å². The number of carbonyl (C=O) groups excluding carboxylic acids is 1. The number of aromatic nitrogens is 2. The molecule has 3 N–H and O–H groups in total. The fraction of sp³-hybridized carbons (Fsp3) is 0.455. The first-order valence-electron chi connectivity index (χ1n) is 9.84. The Morgan fingerprint density at radius 3 is 2.56 bits per heavy atom. The van der Waals surface area contributed by atoms with Crippen LogP contribution in [0.25, 0.3) is 0 Å². The van der Waals surface area contributed by atoms with E-state index in [0.717, 1.165) is 12.1 Å². The number of nitrogens with two attached hydrogens (primary N) is 1. The zero-order valence-corrected chi connectivity index (χ0v) is 19.5. The van der Waals surface area contributed by atoms with Crippen molar-refractivity contribution >= 4 is 29.3 Å². The number of ketones is 1. The average molecular weight is 499 g/mol. The number of Topliss-reactive ketones (excluding diaryl/α,β-unsaturated/α-hetero) is 1. The molecule has 0 aliphatic heterocycles. The van der Waals surface area contributed by atoms with Gasteiger partial charge in [0.1, 0.15) is 29.0 Å². The summed E-state index contributed by atoms with van der Waals surface area (Å²) in [6.07, 6.45) is -3.15. The standard InChI is InChI=1S/C21H25F3N6O2S.CH4/c1-12(27-18-16(11-25)19(33-4)29-20(26)28-18)17(31)9-13-7-14(21(22,23)24)10-15(8-13)32-6-5-30(2)3;/h7-8,10,12H,5-6,9H2,1-4H3,(H3,26,27,28,29);1H4/t12-;/m0./s1. The van der Waals surface area contributed by atoms with E-state index in [1.54, 1.807) is 6.26 Å². The zero-order valence-electron chi connectivity index (χ0n) is 18.7. The number of halogens is 3. The minimum atomic E-state index is -4.59. The van der Waals surface area contributed by atoms with Crippen LogP contribution in [0.3, 0.4) is 0 Å². The molecule has 1 aromatic carbocycles. The maximum absolute atomic E-state index is 13.4. The van der Waals surface area contributed by atoms with Crippen molar-refractivity contribution in [2.75, 3.05) is 44.6 Å². The summed E-state index contributed by atoms with van der Waals surface area (Å²) in [4.78, 5) is 22.6. The predicted molar refractivity (Wildman–Crippen MR) is 127 cm³/mol. The van der Waals surface area contributed by atoms with Gasteiger partial charge >= 0.3 is 6.18 Å². The second-order valence-electron chi connectivity index (χ2n) is 7.45. The molecule has 0 saturated carbocycles. The Hall–Kier alpha value is -3.04. The Morgan fingerprint density at radius 1 is 1.32 bits per heavy atom. The normalized spacial score (nSPS) is 12.0. The van der Waals surface area contributed by atoms with E-state index >= 15 is 0 Å². The Kier molecular flexibility index (Phi) is 10.6. The number of nitriles is 1. The molecular formula is C22H29F3N6O2S. The zero-order chi connectivity index (χ0) is 24.8. The number of ether oxygens (including phenoxy) is 1. The molecule has 0 fully saturated rings. The number of hydrogen-bond donors (Lipinski definition) is 2. The van der Waals surface area contributed by atoms with Crippen molar-refractivity contribution in [1.29, 1.82) is 5.26 Å². The Bertz CT molecular complexity index is 1040. The molecule has 0 radical (unpaired) electrons. The Morgan fingerprint density at radius 2 is 2.00 bits per heavy atom. The van der Waals surface area contributed by atoms with Crippen LogP contribution in [-0.2, 0) is 17.4 Å². The van der Waals surface area contributed by atoms with E-state index in [9.17, 15) is 23.2 Å². The molecule has 0 amide bonds. The molecule has 0 spiro atoms. The van der Waals surface area contributed by atoms with Crippen LogP contribution in [0.1, 0.15) is 31.0 Å². The van der Waals surface area contributed by atoms with Crippen LogP contribution in [0.2, 0.25) is 0 Å². The fourth-order valence-electron chi connectivity index (χ4n) is 2.81. The van der Waals surface area contributed by atoms with E-state index in [-0.39, 0.29) is 49.1 Å². The maximum Gasteiger partial charge on any atom is 0.416 e. The number of benzene rings is 1. The minimum absolute atomic E-state index is 0. The summed E-state index contributed by atoms with van der Waals surface area (Å²) in [6, 6.07) is 4.39. The molecule has 1 aromatic heterocycles. The van der Waals surface area contributed by atoms with Gasteiger partial charge in [0.15, 0.2) is 11.6 Å². The summed E-state index contributed by atoms with van der Waals surface area (Å²) in [5.41, 5.74) is 5.07. The topological polar surface area (TPSA) is 117 Å². The van der Waals surface area contributed by atoms with Crippen molar-refractivity contribution < 1.29 is 22.7 Å². The van der Waals surface area contributed by atoms with Gasteiger partial charge in [0, 0.05) is 13.0 Å². The first-order valence-corrected chi connectivity index (χ1v) is 11.1. The van der Waals surface area contributed by atoms with E-state index in [2.05, 4.69) is 15.3 Å². The smallest absolute Gasteiger partial charge is 0.416 e. The number of nitrogen functional groups attached to an aromatic ring is 1. The van der Waals surface area contributed by atoms with Crippen LogP contribution in [0, 0.1) is 11.3 Å². The molecule has 8 nitrogen and oxygen atoms in total. The van der Waals surface area contributed by atoms with Crippen LogP contribution in [0.4, 0.5) is 24.9 Å². The number of carbonyl (C=O) groups is 1. The highest BCUT2D eigenvalue weighted by Gasteiger charge is 2.32. The SMILES string of the molecule is C.CSc1nc(N)nc(N[C@@H](C)C(=O)Cc2cc(OCCN(C)C)cc(C(F)(F)F)c2)c1C#N. The Labute approximate surface area is 201 Å². The lowest BCUT2D eigenvalue weighted by atomic mass is 10.0. The molecule has 0 saturated heterocycles. The second kappa shape index (κ2) is 12.4. The minimum Gasteiger partial charge on any atom is -0.492 e. The number of nitrogens with zero attached hydrogens (tertiary/aromatic N) is 4. The molecule has 12 heteroatoms. The number of thioether (sulfide) groups is 1. The van der Waals surface area contributed by atoms with Crippen LogP contribution in [0.5, 0.6) is 5.75 Å². The number of hydrogen-bond acceptors (Lipinski definition) is 9. The third kappa shape index (κ3) is 8.07. The maximum atomic E-state index is 13.4. The van der Waals surface area contributed by atoms with Crippen LogP contribution < -0.4 is 15.8 Å². The number of likely N-dealkylation sites (N-methyl/N-ethyl adjacent to an activating group) is 1. The lowest BCUT2D eigenvalue weighted by Gasteiger charge is -2.17. The first kappa shape index (κ1) is 29.0. The van der Waals surface area contributed by atoms with Crippen LogP contribution in [-0.4, -0.2) is 60.2 Å². The first-order chi connectivity index (χ1) is 15.4. The molecule has 1 heterocycles. The van der Waals surface area contributed by atoms with E-state index < -0.39 is 23.6 Å². The summed E-state index contributed by atoms with van der Waals surface area (Å²) < 4.78 is 45.5. The summed E-state index contributed by atoms with van der Waals surface area (Å²) in [6.45, 7) is 2.25. The lowest BCUT2D eigenvalue weighted by Crippen LogP contribution is -2.29. The van der Waals surface area contributed by atoms with Gasteiger partial charge in [-0.25, -0.2) is 4.98 Å². The molecular weight excluding hydrogens is 469 g/mol. The molecule has 34 heavy (non-hydrogen) atoms. The monoisotopic (exact) mass is 498 g/mol. The van der Waals surface area contributed by atoms with E-state index in [1.807, 2.05) is 25.1 Å². The van der Waals surface area contributed by atoms with Gasteiger partial charge in [-0.05, 0) is 51.0 Å². The third-order valence-corrected chi connectivity index (χ3v) is 5.20. The van der Waals surface area contributed by atoms with E-state index in [0.29, 0.717) is 11.6 Å². The molecule has 0 aliphatic carbocycles. The third-order valence-electron chi connectivity index (χ3n) is 4.51. The van der Waals surface area contributed by atoms with Gasteiger partial charge in [-0.1, -0.05) is 7.43 Å². The lowest BCUT2D eigenvalue weighted by molar-refractivity contribution is -0.137. The van der Waals surface area contributed by atoms with Crippen LogP contribution >= 0.6 is 11.8 Å². The van der Waals surface area contributed by atoms with E-state index in [1.165, 1.54) is 24.8 Å². The van der Waals surface area contributed by atoms with Gasteiger partial charge < -0.3 is 20.7 Å². The largest absolute Gasteiger partial charge is 0.492 e. The number of nitrogens with one attached hydrogen (secondary N) is 1. The van der Waals surface area contributed by atoms with Crippen molar-refractivity contribution in [3.05, 3.63) is 34.9 Å². The van der Waals surface area contributed by atoms with Gasteiger partial charge in [0.25, 0.3) is 0 Å². The quantitative estimate of drug-likeness (QED) is 0.372. The molecule has 0 unspecified atom stereocenters. The second-order valence-corrected chi connectivity index (χ2v) is 8.25.